The molecule has 114 valence electrons. The zero-order chi connectivity index (χ0) is 16.1. The monoisotopic (exact) mass is 297 g/mol. The number of benzene rings is 1. The standard InChI is InChI=1S/C17H19N3O2/c1-11(2)17-19-15(10-16(22)20-17)9-6-13-4-7-14(8-5-13)18-12(3)21/h4-11H,1-3H3,(H,18,21)(H,19,20,22)/b9-6+. The van der Waals surface area contributed by atoms with Gasteiger partial charge in [0.2, 0.25) is 5.91 Å². The van der Waals surface area contributed by atoms with E-state index < -0.39 is 0 Å². The minimum absolute atomic E-state index is 0.0998. The Balaban J connectivity index is 2.18. The predicted molar refractivity (Wildman–Crippen MR) is 88.6 cm³/mol. The zero-order valence-electron chi connectivity index (χ0n) is 12.9. The van der Waals surface area contributed by atoms with E-state index in [1.165, 1.54) is 13.0 Å². The Bertz CT molecular complexity index is 743. The fourth-order valence-corrected chi connectivity index (χ4v) is 1.92. The highest BCUT2D eigenvalue weighted by Crippen LogP contribution is 2.13. The Morgan fingerprint density at radius 2 is 1.91 bits per heavy atom. The summed E-state index contributed by atoms with van der Waals surface area (Å²) < 4.78 is 0. The lowest BCUT2D eigenvalue weighted by molar-refractivity contribution is -0.114. The van der Waals surface area contributed by atoms with E-state index >= 15 is 0 Å². The molecule has 2 aromatic rings. The van der Waals surface area contributed by atoms with Crippen molar-refractivity contribution in [2.75, 3.05) is 5.32 Å². The van der Waals surface area contributed by atoms with Gasteiger partial charge >= 0.3 is 0 Å². The van der Waals surface area contributed by atoms with Crippen LogP contribution in [0.4, 0.5) is 5.69 Å². The van der Waals surface area contributed by atoms with Crippen molar-refractivity contribution in [1.82, 2.24) is 9.97 Å². The number of hydrogen-bond donors (Lipinski definition) is 2. The van der Waals surface area contributed by atoms with Crippen LogP contribution in [-0.4, -0.2) is 15.9 Å². The van der Waals surface area contributed by atoms with Crippen LogP contribution in [0.25, 0.3) is 12.2 Å². The van der Waals surface area contributed by atoms with Crippen LogP contribution < -0.4 is 10.9 Å². The molecule has 0 aliphatic carbocycles. The lowest BCUT2D eigenvalue weighted by Gasteiger charge is -2.04. The number of carbonyl (C=O) groups is 1. The highest BCUT2D eigenvalue weighted by atomic mass is 16.1. The maximum atomic E-state index is 11.6. The van der Waals surface area contributed by atoms with Crippen LogP contribution in [-0.2, 0) is 4.79 Å². The van der Waals surface area contributed by atoms with Gasteiger partial charge in [-0.15, -0.1) is 0 Å². The number of nitrogens with zero attached hydrogens (tertiary/aromatic N) is 1. The third-order valence-corrected chi connectivity index (χ3v) is 3.00. The maximum absolute atomic E-state index is 11.6. The van der Waals surface area contributed by atoms with Crippen LogP contribution in [0, 0.1) is 0 Å². The first kappa shape index (κ1) is 15.7. The molecule has 0 fully saturated rings. The van der Waals surface area contributed by atoms with Crippen LogP contribution in [0.1, 0.15) is 43.8 Å². The first-order valence-electron chi connectivity index (χ1n) is 7.11. The smallest absolute Gasteiger partial charge is 0.251 e. The summed E-state index contributed by atoms with van der Waals surface area (Å²) in [5.41, 5.74) is 2.18. The molecule has 0 bridgehead atoms. The molecule has 1 heterocycles. The van der Waals surface area contributed by atoms with Crippen LogP contribution in [0.5, 0.6) is 0 Å². The number of rotatable bonds is 4. The quantitative estimate of drug-likeness (QED) is 0.911. The average molecular weight is 297 g/mol. The molecule has 22 heavy (non-hydrogen) atoms. The Morgan fingerprint density at radius 1 is 1.23 bits per heavy atom. The highest BCUT2D eigenvalue weighted by molar-refractivity contribution is 5.88. The SMILES string of the molecule is CC(=O)Nc1ccc(/C=C/c2cc(=O)[nH]c(C(C)C)n2)cc1. The molecule has 0 aliphatic rings. The maximum Gasteiger partial charge on any atom is 0.251 e. The molecule has 1 aromatic heterocycles. The summed E-state index contributed by atoms with van der Waals surface area (Å²) in [4.78, 5) is 29.7. The Hall–Kier alpha value is -2.69. The van der Waals surface area contributed by atoms with Gasteiger partial charge in [-0.3, -0.25) is 9.59 Å². The molecular weight excluding hydrogens is 278 g/mol. The van der Waals surface area contributed by atoms with E-state index in [0.717, 1.165) is 11.3 Å². The number of amides is 1. The van der Waals surface area contributed by atoms with Gasteiger partial charge < -0.3 is 10.3 Å². The Labute approximate surface area is 129 Å². The van der Waals surface area contributed by atoms with Crippen molar-refractivity contribution in [2.24, 2.45) is 0 Å². The van der Waals surface area contributed by atoms with Crippen LogP contribution in [0.15, 0.2) is 35.1 Å². The van der Waals surface area contributed by atoms with Gasteiger partial charge in [-0.05, 0) is 23.8 Å². The molecule has 0 atom stereocenters. The van der Waals surface area contributed by atoms with Gasteiger partial charge in [0, 0.05) is 24.6 Å². The van der Waals surface area contributed by atoms with E-state index in [1.807, 2.05) is 44.2 Å². The summed E-state index contributed by atoms with van der Waals surface area (Å²) in [6.07, 6.45) is 3.68. The number of hydrogen-bond acceptors (Lipinski definition) is 3. The molecule has 0 spiro atoms. The van der Waals surface area contributed by atoms with E-state index in [4.69, 9.17) is 0 Å². The minimum atomic E-state index is -0.153. The molecule has 2 rings (SSSR count). The average Bonchev–Trinajstić information content (AvgIpc) is 2.45. The van der Waals surface area contributed by atoms with Gasteiger partial charge in [0.15, 0.2) is 0 Å². The number of carbonyl (C=O) groups excluding carboxylic acids is 1. The third kappa shape index (κ3) is 4.41. The van der Waals surface area contributed by atoms with Crippen molar-refractivity contribution in [3.05, 3.63) is 57.8 Å². The summed E-state index contributed by atoms with van der Waals surface area (Å²) in [5, 5.41) is 2.71. The number of aromatic amines is 1. The summed E-state index contributed by atoms with van der Waals surface area (Å²) in [5.74, 6) is 0.739. The molecule has 2 N–H and O–H groups in total. The van der Waals surface area contributed by atoms with Crippen molar-refractivity contribution in [2.45, 2.75) is 26.7 Å². The molecule has 5 heteroatoms. The Morgan fingerprint density at radius 3 is 2.50 bits per heavy atom. The summed E-state index contributed by atoms with van der Waals surface area (Å²) in [7, 11) is 0. The second-order valence-electron chi connectivity index (χ2n) is 5.35. The molecule has 1 aromatic carbocycles. The van der Waals surface area contributed by atoms with E-state index in [2.05, 4.69) is 15.3 Å². The van der Waals surface area contributed by atoms with Crippen molar-refractivity contribution in [3.8, 4) is 0 Å². The molecule has 0 aliphatic heterocycles. The molecule has 0 radical (unpaired) electrons. The fourth-order valence-electron chi connectivity index (χ4n) is 1.92. The minimum Gasteiger partial charge on any atom is -0.326 e. The molecule has 1 amide bonds. The zero-order valence-corrected chi connectivity index (χ0v) is 12.9. The summed E-state index contributed by atoms with van der Waals surface area (Å²) >= 11 is 0. The number of nitrogens with one attached hydrogen (secondary N) is 2. The van der Waals surface area contributed by atoms with Crippen LogP contribution >= 0.6 is 0 Å². The summed E-state index contributed by atoms with van der Waals surface area (Å²) in [6.45, 7) is 5.43. The van der Waals surface area contributed by atoms with Gasteiger partial charge in [-0.1, -0.05) is 32.1 Å². The van der Waals surface area contributed by atoms with Crippen LogP contribution in [0.2, 0.25) is 0 Å². The predicted octanol–water partition coefficient (Wildman–Crippen LogP) is 3.02. The molecule has 0 unspecified atom stereocenters. The van der Waals surface area contributed by atoms with Gasteiger partial charge in [0.05, 0.1) is 5.69 Å². The second kappa shape index (κ2) is 6.85. The topological polar surface area (TPSA) is 74.8 Å². The van der Waals surface area contributed by atoms with Crippen molar-refractivity contribution >= 4 is 23.7 Å². The molecule has 0 saturated heterocycles. The first-order chi connectivity index (χ1) is 10.4. The van der Waals surface area contributed by atoms with Crippen molar-refractivity contribution in [3.63, 3.8) is 0 Å². The van der Waals surface area contributed by atoms with E-state index in [9.17, 15) is 9.59 Å². The molecule has 5 nitrogen and oxygen atoms in total. The largest absolute Gasteiger partial charge is 0.326 e. The second-order valence-corrected chi connectivity index (χ2v) is 5.35. The number of H-pyrrole nitrogens is 1. The first-order valence-corrected chi connectivity index (χ1v) is 7.11. The number of anilines is 1. The van der Waals surface area contributed by atoms with E-state index in [1.54, 1.807) is 6.08 Å². The highest BCUT2D eigenvalue weighted by Gasteiger charge is 2.03. The van der Waals surface area contributed by atoms with E-state index in [0.29, 0.717) is 11.5 Å². The van der Waals surface area contributed by atoms with Crippen molar-refractivity contribution < 1.29 is 4.79 Å². The number of aromatic nitrogens is 2. The summed E-state index contributed by atoms with van der Waals surface area (Å²) in [6, 6.07) is 8.89. The van der Waals surface area contributed by atoms with E-state index in [-0.39, 0.29) is 17.4 Å². The van der Waals surface area contributed by atoms with Gasteiger partial charge in [0.25, 0.3) is 5.56 Å². The fraction of sp³-hybridized carbons (Fsp3) is 0.235. The lowest BCUT2D eigenvalue weighted by atomic mass is 10.1. The molecule has 0 saturated carbocycles. The normalized spacial score (nSPS) is 11.1. The van der Waals surface area contributed by atoms with Crippen LogP contribution in [0.3, 0.4) is 0 Å². The Kier molecular flexibility index (Phi) is 4.88. The van der Waals surface area contributed by atoms with Gasteiger partial charge in [-0.25, -0.2) is 4.98 Å². The van der Waals surface area contributed by atoms with Gasteiger partial charge in [0.1, 0.15) is 5.82 Å². The van der Waals surface area contributed by atoms with Crippen molar-refractivity contribution in [1.29, 1.82) is 0 Å². The third-order valence-electron chi connectivity index (χ3n) is 3.00. The van der Waals surface area contributed by atoms with Gasteiger partial charge in [-0.2, -0.15) is 0 Å². The lowest BCUT2D eigenvalue weighted by Crippen LogP contribution is -2.12. The molecular formula is C17H19N3O2.